The molecule has 0 bridgehead atoms. The summed E-state index contributed by atoms with van der Waals surface area (Å²) in [6.45, 7) is 11.5. The smallest absolute Gasteiger partial charge is 0.411 e. The number of ether oxygens (including phenoxy) is 1. The third-order valence-corrected chi connectivity index (χ3v) is 6.26. The zero-order valence-corrected chi connectivity index (χ0v) is 24.3. The van der Waals surface area contributed by atoms with Gasteiger partial charge in [0.15, 0.2) is 0 Å². The number of nitrogens with zero attached hydrogens (tertiary/aromatic N) is 1. The average molecular weight is 534 g/mol. The van der Waals surface area contributed by atoms with E-state index in [1.165, 1.54) is 19.3 Å². The highest BCUT2D eigenvalue weighted by molar-refractivity contribution is 5.87. The van der Waals surface area contributed by atoms with Crippen LogP contribution >= 0.6 is 0 Å². The van der Waals surface area contributed by atoms with Gasteiger partial charge in [0, 0.05) is 26.2 Å². The van der Waals surface area contributed by atoms with Gasteiger partial charge in [-0.15, -0.1) is 0 Å². The Morgan fingerprint density at radius 3 is 2.05 bits per heavy atom. The van der Waals surface area contributed by atoms with E-state index in [4.69, 9.17) is 9.84 Å². The average Bonchev–Trinajstić information content (AvgIpc) is 2.85. The third-order valence-electron chi connectivity index (χ3n) is 6.26. The molecule has 0 saturated heterocycles. The van der Waals surface area contributed by atoms with Crippen LogP contribution in [0.1, 0.15) is 115 Å². The lowest BCUT2D eigenvalue weighted by atomic mass is 10.1. The van der Waals surface area contributed by atoms with Crippen molar-refractivity contribution in [3.8, 4) is 0 Å². The van der Waals surface area contributed by atoms with Gasteiger partial charge in [-0.3, -0.25) is 9.69 Å². The SMILES string of the molecule is CCCCCCCCN(C(=O)OC(C)(C)C)C(CNCc1ccc(C(=O)O)cc1)C(=O)NCCCCCC. The Kier molecular flexibility index (Phi) is 16.4. The molecular formula is C30H51N3O5. The summed E-state index contributed by atoms with van der Waals surface area (Å²) in [6, 6.07) is 5.91. The molecule has 1 aromatic rings. The van der Waals surface area contributed by atoms with E-state index in [1.807, 2.05) is 20.8 Å². The van der Waals surface area contributed by atoms with Crippen LogP contribution in [-0.4, -0.2) is 59.3 Å². The molecule has 8 heteroatoms. The van der Waals surface area contributed by atoms with Crippen LogP contribution in [0.15, 0.2) is 24.3 Å². The lowest BCUT2D eigenvalue weighted by Crippen LogP contribution is -2.55. The topological polar surface area (TPSA) is 108 Å². The van der Waals surface area contributed by atoms with Crippen molar-refractivity contribution in [3.05, 3.63) is 35.4 Å². The van der Waals surface area contributed by atoms with E-state index in [0.717, 1.165) is 50.5 Å². The molecule has 1 unspecified atom stereocenters. The second-order valence-electron chi connectivity index (χ2n) is 10.9. The second kappa shape index (κ2) is 18.6. The quantitative estimate of drug-likeness (QED) is 0.184. The maximum Gasteiger partial charge on any atom is 0.411 e. The van der Waals surface area contributed by atoms with Gasteiger partial charge in [0.25, 0.3) is 0 Å². The van der Waals surface area contributed by atoms with Crippen molar-refractivity contribution in [1.82, 2.24) is 15.5 Å². The van der Waals surface area contributed by atoms with Gasteiger partial charge in [0.1, 0.15) is 11.6 Å². The molecule has 0 aliphatic heterocycles. The van der Waals surface area contributed by atoms with Gasteiger partial charge in [-0.05, 0) is 51.3 Å². The molecule has 0 spiro atoms. The number of rotatable bonds is 19. The summed E-state index contributed by atoms with van der Waals surface area (Å²) in [6.07, 6.45) is 10.2. The first kappa shape index (κ1) is 33.4. The number of benzene rings is 1. The number of amides is 2. The minimum atomic E-state index is -0.970. The molecule has 0 aliphatic carbocycles. The summed E-state index contributed by atoms with van der Waals surface area (Å²) in [7, 11) is 0. The molecule has 2 amide bonds. The number of carboxylic acids is 1. The van der Waals surface area contributed by atoms with Crippen molar-refractivity contribution >= 4 is 18.0 Å². The normalized spacial score (nSPS) is 12.1. The first-order valence-corrected chi connectivity index (χ1v) is 14.4. The fourth-order valence-corrected chi connectivity index (χ4v) is 4.10. The Hall–Kier alpha value is -2.61. The van der Waals surface area contributed by atoms with Crippen LogP contribution in [0.25, 0.3) is 0 Å². The predicted molar refractivity (Wildman–Crippen MR) is 152 cm³/mol. The van der Waals surface area contributed by atoms with Crippen molar-refractivity contribution in [2.24, 2.45) is 0 Å². The Bertz CT molecular complexity index is 820. The molecule has 3 N–H and O–H groups in total. The molecule has 216 valence electrons. The van der Waals surface area contributed by atoms with Gasteiger partial charge in [-0.2, -0.15) is 0 Å². The zero-order valence-electron chi connectivity index (χ0n) is 24.3. The molecule has 0 aromatic heterocycles. The molecule has 1 rings (SSSR count). The molecular weight excluding hydrogens is 482 g/mol. The summed E-state index contributed by atoms with van der Waals surface area (Å²) in [4.78, 5) is 39.3. The van der Waals surface area contributed by atoms with Gasteiger partial charge >= 0.3 is 12.1 Å². The second-order valence-corrected chi connectivity index (χ2v) is 10.9. The summed E-state index contributed by atoms with van der Waals surface area (Å²) in [5, 5.41) is 15.5. The number of hydrogen-bond acceptors (Lipinski definition) is 5. The van der Waals surface area contributed by atoms with Gasteiger partial charge in [0.2, 0.25) is 5.91 Å². The summed E-state index contributed by atoms with van der Waals surface area (Å²) >= 11 is 0. The lowest BCUT2D eigenvalue weighted by molar-refractivity contribution is -0.126. The molecule has 1 aromatic carbocycles. The molecule has 0 saturated carbocycles. The maximum absolute atomic E-state index is 13.4. The Morgan fingerprint density at radius 2 is 1.47 bits per heavy atom. The van der Waals surface area contributed by atoms with E-state index < -0.39 is 23.7 Å². The van der Waals surface area contributed by atoms with Crippen LogP contribution < -0.4 is 10.6 Å². The highest BCUT2D eigenvalue weighted by atomic mass is 16.6. The van der Waals surface area contributed by atoms with Crippen LogP contribution in [0, 0.1) is 0 Å². The van der Waals surface area contributed by atoms with E-state index in [2.05, 4.69) is 24.5 Å². The monoisotopic (exact) mass is 533 g/mol. The maximum atomic E-state index is 13.4. The molecule has 0 heterocycles. The van der Waals surface area contributed by atoms with E-state index in [9.17, 15) is 14.4 Å². The van der Waals surface area contributed by atoms with Crippen molar-refractivity contribution in [1.29, 1.82) is 0 Å². The molecule has 0 radical (unpaired) electrons. The third kappa shape index (κ3) is 14.4. The van der Waals surface area contributed by atoms with E-state index in [0.29, 0.717) is 19.6 Å². The van der Waals surface area contributed by atoms with Gasteiger partial charge < -0.3 is 20.5 Å². The van der Waals surface area contributed by atoms with Crippen molar-refractivity contribution in [2.75, 3.05) is 19.6 Å². The van der Waals surface area contributed by atoms with Crippen molar-refractivity contribution < 1.29 is 24.2 Å². The van der Waals surface area contributed by atoms with Gasteiger partial charge in [-0.25, -0.2) is 9.59 Å². The van der Waals surface area contributed by atoms with Crippen molar-refractivity contribution in [2.45, 2.75) is 117 Å². The summed E-state index contributed by atoms with van der Waals surface area (Å²) in [5.74, 6) is -1.16. The van der Waals surface area contributed by atoms with Crippen molar-refractivity contribution in [3.63, 3.8) is 0 Å². The standard InChI is InChI=1S/C30H51N3O5/c1-6-8-10-12-13-15-21-33(29(37)38-30(3,4)5)26(27(34)32-20-14-11-9-7-2)23-31-22-24-16-18-25(19-17-24)28(35)36/h16-19,26,31H,6-15,20-23H2,1-5H3,(H,32,34)(H,35,36). The van der Waals surface area contributed by atoms with Crippen LogP contribution in [0.4, 0.5) is 4.79 Å². The van der Waals surface area contributed by atoms with Gasteiger partial charge in [0.05, 0.1) is 5.56 Å². The Morgan fingerprint density at radius 1 is 0.895 bits per heavy atom. The zero-order chi connectivity index (χ0) is 28.4. The van der Waals surface area contributed by atoms with Crippen LogP contribution in [0.2, 0.25) is 0 Å². The summed E-state index contributed by atoms with van der Waals surface area (Å²) in [5.41, 5.74) is 0.453. The van der Waals surface area contributed by atoms with Crippen LogP contribution in [0.3, 0.4) is 0 Å². The Labute approximate surface area is 229 Å². The number of carbonyl (C=O) groups is 3. The molecule has 8 nitrogen and oxygen atoms in total. The van der Waals surface area contributed by atoms with Crippen LogP contribution in [0.5, 0.6) is 0 Å². The first-order chi connectivity index (χ1) is 18.1. The highest BCUT2D eigenvalue weighted by Crippen LogP contribution is 2.15. The largest absolute Gasteiger partial charge is 0.478 e. The minimum Gasteiger partial charge on any atom is -0.478 e. The summed E-state index contributed by atoms with van der Waals surface area (Å²) < 4.78 is 5.71. The van der Waals surface area contributed by atoms with Crippen LogP contribution in [-0.2, 0) is 16.1 Å². The number of nitrogens with one attached hydrogen (secondary N) is 2. The van der Waals surface area contributed by atoms with E-state index >= 15 is 0 Å². The molecule has 0 aliphatic rings. The number of carboxylic acid groups (broad SMARTS) is 1. The number of unbranched alkanes of at least 4 members (excludes halogenated alkanes) is 8. The Balaban J connectivity index is 2.96. The number of aromatic carboxylic acids is 1. The van der Waals surface area contributed by atoms with Gasteiger partial charge in [-0.1, -0.05) is 77.3 Å². The number of carbonyl (C=O) groups excluding carboxylic acids is 2. The van der Waals surface area contributed by atoms with E-state index in [1.54, 1.807) is 29.2 Å². The fourth-order valence-electron chi connectivity index (χ4n) is 4.10. The highest BCUT2D eigenvalue weighted by Gasteiger charge is 2.32. The lowest BCUT2D eigenvalue weighted by Gasteiger charge is -2.33. The minimum absolute atomic E-state index is 0.188. The van der Waals surface area contributed by atoms with E-state index in [-0.39, 0.29) is 18.0 Å². The number of hydrogen-bond donors (Lipinski definition) is 3. The molecule has 0 fully saturated rings. The molecule has 38 heavy (non-hydrogen) atoms. The fraction of sp³-hybridized carbons (Fsp3) is 0.700. The predicted octanol–water partition coefficient (Wildman–Crippen LogP) is 6.14. The molecule has 1 atom stereocenters. The first-order valence-electron chi connectivity index (χ1n) is 14.4.